The van der Waals surface area contributed by atoms with Crippen molar-refractivity contribution < 1.29 is 14.9 Å². The van der Waals surface area contributed by atoms with Crippen LogP contribution in [0.1, 0.15) is 0 Å². The Hall–Kier alpha value is -0.840. The highest BCUT2D eigenvalue weighted by Gasteiger charge is 2.38. The molecule has 1 aliphatic rings. The van der Waals surface area contributed by atoms with Crippen molar-refractivity contribution in [2.75, 3.05) is 25.5 Å². The Kier molecular flexibility index (Phi) is 5.64. The smallest absolute Gasteiger partial charge is 0.121 e. The van der Waals surface area contributed by atoms with Crippen molar-refractivity contribution in [2.24, 2.45) is 0 Å². The molecule has 0 amide bonds. The van der Waals surface area contributed by atoms with Crippen molar-refractivity contribution in [2.45, 2.75) is 29.9 Å². The number of aromatic nitrogens is 2. The average molecular weight is 303 g/mol. The van der Waals surface area contributed by atoms with Crippen LogP contribution < -0.4 is 16.0 Å². The maximum Gasteiger partial charge on any atom is 0.121 e. The number of anilines is 1. The molecule has 0 spiro atoms. The number of nitrogens with one attached hydrogen (secondary N) is 4. The summed E-state index contributed by atoms with van der Waals surface area (Å²) in [6.07, 6.45) is -0.756. The molecule has 0 saturated carbocycles. The molecule has 0 aliphatic carbocycles. The first-order chi connectivity index (χ1) is 9.61. The number of H-pyrrole nitrogens is 1. The number of aromatic amines is 1. The van der Waals surface area contributed by atoms with E-state index in [0.717, 1.165) is 5.82 Å². The molecule has 1 saturated heterocycles. The fourth-order valence-electron chi connectivity index (χ4n) is 2.06. The van der Waals surface area contributed by atoms with Gasteiger partial charge in [0.2, 0.25) is 0 Å². The molecule has 114 valence electrons. The first kappa shape index (κ1) is 15.5. The average Bonchev–Trinajstić information content (AvgIpc) is 2.96. The predicted molar refractivity (Wildman–Crippen MR) is 77.6 cm³/mol. The number of hydrogen-bond acceptors (Lipinski definition) is 8. The third-order valence-electron chi connectivity index (χ3n) is 3.27. The van der Waals surface area contributed by atoms with Crippen LogP contribution in [0.5, 0.6) is 0 Å². The van der Waals surface area contributed by atoms with E-state index in [1.165, 1.54) is 0 Å². The number of aliphatic hydroxyl groups excluding tert-OH is 2. The van der Waals surface area contributed by atoms with Gasteiger partial charge in [0, 0.05) is 6.54 Å². The van der Waals surface area contributed by atoms with Crippen LogP contribution in [0.25, 0.3) is 0 Å². The van der Waals surface area contributed by atoms with Crippen molar-refractivity contribution >= 4 is 18.4 Å². The number of ether oxygens (including phenoxy) is 1. The van der Waals surface area contributed by atoms with Gasteiger partial charge in [0.15, 0.2) is 0 Å². The molecular formula is C11H21N5O3S. The lowest BCUT2D eigenvalue weighted by molar-refractivity contribution is -0.145. The van der Waals surface area contributed by atoms with Gasteiger partial charge in [-0.15, -0.1) is 12.6 Å². The third kappa shape index (κ3) is 3.84. The second kappa shape index (κ2) is 7.25. The molecule has 8 nitrogen and oxygen atoms in total. The summed E-state index contributed by atoms with van der Waals surface area (Å²) in [6, 6.07) is 1.40. The molecule has 2 rings (SSSR count). The highest BCUT2D eigenvalue weighted by Crippen LogP contribution is 2.17. The quantitative estimate of drug-likeness (QED) is 0.248. The maximum absolute atomic E-state index is 10.1. The standard InChI is InChI=1S/C11H21N5O3S/c1-12-11(20)15-6-5-19-7(10(18)9(6)17)4-13-8-2-3-14-16-8/h2-3,6-7,9-12,15,17-18,20H,4-5H2,1H3,(H2,13,14,16)/t6-,7?,9?,10+,11?/m0/s1. The number of nitrogens with zero attached hydrogens (tertiary/aromatic N) is 1. The summed E-state index contributed by atoms with van der Waals surface area (Å²) in [5.74, 6) is 0.737. The second-order valence-electron chi connectivity index (χ2n) is 4.67. The minimum atomic E-state index is -0.978. The zero-order valence-electron chi connectivity index (χ0n) is 11.2. The SMILES string of the molecule is CNC(S)N[C@H]1COC(CNc2ccn[nH]2)[C@@H](O)C1O. The van der Waals surface area contributed by atoms with Gasteiger partial charge in [0.05, 0.1) is 18.8 Å². The van der Waals surface area contributed by atoms with Gasteiger partial charge in [-0.25, -0.2) is 0 Å². The van der Waals surface area contributed by atoms with E-state index in [4.69, 9.17) is 4.74 Å². The molecule has 3 unspecified atom stereocenters. The molecule has 1 aliphatic heterocycles. The van der Waals surface area contributed by atoms with E-state index in [1.54, 1.807) is 19.3 Å². The Morgan fingerprint density at radius 3 is 3.00 bits per heavy atom. The summed E-state index contributed by atoms with van der Waals surface area (Å²) in [5.41, 5.74) is -0.273. The van der Waals surface area contributed by atoms with Crippen molar-refractivity contribution in [3.8, 4) is 0 Å². The molecule has 1 aromatic rings. The van der Waals surface area contributed by atoms with Gasteiger partial charge in [-0.05, 0) is 13.1 Å². The number of hydrogen-bond donors (Lipinski definition) is 7. The summed E-state index contributed by atoms with van der Waals surface area (Å²) in [4.78, 5) is 0. The van der Waals surface area contributed by atoms with Crippen LogP contribution in [0.4, 0.5) is 5.82 Å². The number of thiol groups is 1. The van der Waals surface area contributed by atoms with E-state index in [2.05, 4.69) is 38.8 Å². The van der Waals surface area contributed by atoms with Crippen LogP contribution in [0.15, 0.2) is 12.3 Å². The van der Waals surface area contributed by atoms with Crippen molar-refractivity contribution in [1.29, 1.82) is 0 Å². The van der Waals surface area contributed by atoms with Crippen LogP contribution in [0.3, 0.4) is 0 Å². The minimum Gasteiger partial charge on any atom is -0.389 e. The van der Waals surface area contributed by atoms with Gasteiger partial charge in [-0.1, -0.05) is 0 Å². The molecule has 5 atom stereocenters. The van der Waals surface area contributed by atoms with Gasteiger partial charge in [0.25, 0.3) is 0 Å². The van der Waals surface area contributed by atoms with Crippen LogP contribution in [0, 0.1) is 0 Å². The van der Waals surface area contributed by atoms with E-state index in [0.29, 0.717) is 13.2 Å². The second-order valence-corrected chi connectivity index (χ2v) is 5.18. The number of rotatable bonds is 6. The summed E-state index contributed by atoms with van der Waals surface area (Å²) >= 11 is 4.22. The Bertz CT molecular complexity index is 393. The highest BCUT2D eigenvalue weighted by molar-refractivity contribution is 7.80. The Balaban J connectivity index is 1.83. The van der Waals surface area contributed by atoms with Gasteiger partial charge in [-0.3, -0.25) is 15.7 Å². The molecular weight excluding hydrogens is 282 g/mol. The normalized spacial score (nSPS) is 32.0. The highest BCUT2D eigenvalue weighted by atomic mass is 32.1. The van der Waals surface area contributed by atoms with Crippen LogP contribution in [-0.4, -0.2) is 70.5 Å². The predicted octanol–water partition coefficient (Wildman–Crippen LogP) is -1.67. The summed E-state index contributed by atoms with van der Waals surface area (Å²) in [6.45, 7) is 0.676. The largest absolute Gasteiger partial charge is 0.389 e. The van der Waals surface area contributed by atoms with Crippen LogP contribution >= 0.6 is 12.6 Å². The van der Waals surface area contributed by atoms with Gasteiger partial charge < -0.3 is 20.3 Å². The Labute approximate surface area is 122 Å². The molecule has 0 radical (unpaired) electrons. The first-order valence-corrected chi connectivity index (χ1v) is 6.96. The van der Waals surface area contributed by atoms with Gasteiger partial charge in [0.1, 0.15) is 29.6 Å². The van der Waals surface area contributed by atoms with E-state index in [-0.39, 0.29) is 11.5 Å². The molecule has 0 aromatic carbocycles. The number of aliphatic hydroxyl groups is 2. The molecule has 2 heterocycles. The lowest BCUT2D eigenvalue weighted by atomic mass is 9.98. The first-order valence-electron chi connectivity index (χ1n) is 6.44. The third-order valence-corrected chi connectivity index (χ3v) is 3.68. The van der Waals surface area contributed by atoms with E-state index < -0.39 is 18.3 Å². The molecule has 1 aromatic heterocycles. The lowest BCUT2D eigenvalue weighted by Gasteiger charge is -2.39. The van der Waals surface area contributed by atoms with Crippen molar-refractivity contribution in [3.05, 3.63) is 12.3 Å². The van der Waals surface area contributed by atoms with E-state index in [9.17, 15) is 10.2 Å². The van der Waals surface area contributed by atoms with Gasteiger partial charge in [-0.2, -0.15) is 5.10 Å². The lowest BCUT2D eigenvalue weighted by Crippen LogP contribution is -2.61. The topological polar surface area (TPSA) is 114 Å². The van der Waals surface area contributed by atoms with Crippen molar-refractivity contribution in [1.82, 2.24) is 20.8 Å². The zero-order chi connectivity index (χ0) is 14.5. The minimum absolute atomic E-state index is 0.273. The Morgan fingerprint density at radius 2 is 2.35 bits per heavy atom. The van der Waals surface area contributed by atoms with Crippen molar-refractivity contribution in [3.63, 3.8) is 0 Å². The zero-order valence-corrected chi connectivity index (χ0v) is 12.0. The molecule has 20 heavy (non-hydrogen) atoms. The Morgan fingerprint density at radius 1 is 1.55 bits per heavy atom. The molecule has 1 fully saturated rings. The summed E-state index contributed by atoms with van der Waals surface area (Å²) in [5, 5.41) is 35.7. The van der Waals surface area contributed by atoms with Gasteiger partial charge >= 0.3 is 0 Å². The van der Waals surface area contributed by atoms with Crippen LogP contribution in [0.2, 0.25) is 0 Å². The fourth-order valence-corrected chi connectivity index (χ4v) is 2.25. The molecule has 6 N–H and O–H groups in total. The monoisotopic (exact) mass is 303 g/mol. The van der Waals surface area contributed by atoms with Crippen LogP contribution in [-0.2, 0) is 4.74 Å². The van der Waals surface area contributed by atoms with E-state index in [1.807, 2.05) is 0 Å². The fraction of sp³-hybridized carbons (Fsp3) is 0.727. The van der Waals surface area contributed by atoms with E-state index >= 15 is 0 Å². The maximum atomic E-state index is 10.1. The molecule has 9 heteroatoms. The summed E-state index contributed by atoms with van der Waals surface area (Å²) < 4.78 is 5.59. The molecule has 0 bridgehead atoms. The summed E-state index contributed by atoms with van der Waals surface area (Å²) in [7, 11) is 1.74.